The topological polar surface area (TPSA) is 9.23 Å². The van der Waals surface area contributed by atoms with Gasteiger partial charge in [-0.25, -0.2) is 0 Å². The Hall–Kier alpha value is -2.80. The molecule has 0 spiro atoms. The van der Waals surface area contributed by atoms with Crippen LogP contribution in [0.3, 0.4) is 0 Å². The van der Waals surface area contributed by atoms with Crippen LogP contribution in [0.5, 0.6) is 5.75 Å². The molecule has 0 heterocycles. The van der Waals surface area contributed by atoms with E-state index < -0.39 is 0 Å². The molecule has 4 aromatic rings. The zero-order chi connectivity index (χ0) is 16.7. The van der Waals surface area contributed by atoms with Crippen LogP contribution in [0.25, 0.3) is 32.7 Å². The van der Waals surface area contributed by atoms with Crippen LogP contribution >= 0.6 is 0 Å². The first-order valence-corrected chi connectivity index (χ1v) is 8.24. The quantitative estimate of drug-likeness (QED) is 0.395. The van der Waals surface area contributed by atoms with Crippen LogP contribution < -0.4 is 4.74 Å². The smallest absolute Gasteiger partial charge is 0.119 e. The fraction of sp³-hybridized carbons (Fsp3) is 0.130. The van der Waals surface area contributed by atoms with E-state index in [2.05, 4.69) is 74.5 Å². The summed E-state index contributed by atoms with van der Waals surface area (Å²) in [6.07, 6.45) is 0. The molecule has 0 aliphatic rings. The Morgan fingerprint density at radius 3 is 2.12 bits per heavy atom. The summed E-state index contributed by atoms with van der Waals surface area (Å²) in [5.74, 6) is 0.897. The molecule has 1 nitrogen and oxygen atoms in total. The van der Waals surface area contributed by atoms with Gasteiger partial charge >= 0.3 is 0 Å². The Kier molecular flexibility index (Phi) is 3.50. The summed E-state index contributed by atoms with van der Waals surface area (Å²) in [6.45, 7) is 4.27. The fourth-order valence-electron chi connectivity index (χ4n) is 3.34. The summed E-state index contributed by atoms with van der Waals surface area (Å²) in [7, 11) is 1.72. The summed E-state index contributed by atoms with van der Waals surface area (Å²) in [6, 6.07) is 24.1. The molecule has 0 fully saturated rings. The van der Waals surface area contributed by atoms with Gasteiger partial charge in [-0.2, -0.15) is 0 Å². The van der Waals surface area contributed by atoms with Gasteiger partial charge in [0.25, 0.3) is 0 Å². The van der Waals surface area contributed by atoms with Crippen molar-refractivity contribution in [3.05, 3.63) is 77.9 Å². The molecule has 0 saturated heterocycles. The van der Waals surface area contributed by atoms with Crippen LogP contribution in [0.1, 0.15) is 11.1 Å². The van der Waals surface area contributed by atoms with Crippen molar-refractivity contribution < 1.29 is 4.74 Å². The number of hydrogen-bond acceptors (Lipinski definition) is 1. The number of ether oxygens (including phenoxy) is 1. The van der Waals surface area contributed by atoms with E-state index in [1.807, 2.05) is 6.07 Å². The van der Waals surface area contributed by atoms with Crippen molar-refractivity contribution in [3.63, 3.8) is 0 Å². The first-order chi connectivity index (χ1) is 11.7. The third-order valence-corrected chi connectivity index (χ3v) is 4.68. The summed E-state index contributed by atoms with van der Waals surface area (Å²) in [5.41, 5.74) is 5.09. The van der Waals surface area contributed by atoms with Crippen molar-refractivity contribution in [1.29, 1.82) is 0 Å². The van der Waals surface area contributed by atoms with E-state index in [9.17, 15) is 0 Å². The van der Waals surface area contributed by atoms with Gasteiger partial charge in [0.2, 0.25) is 0 Å². The van der Waals surface area contributed by atoms with Crippen LogP contribution in [0.4, 0.5) is 0 Å². The van der Waals surface area contributed by atoms with Gasteiger partial charge in [0.05, 0.1) is 7.11 Å². The van der Waals surface area contributed by atoms with Gasteiger partial charge in [-0.3, -0.25) is 0 Å². The van der Waals surface area contributed by atoms with Gasteiger partial charge in [-0.05, 0) is 64.7 Å². The highest BCUT2D eigenvalue weighted by molar-refractivity contribution is 6.14. The molecule has 0 aromatic heterocycles. The lowest BCUT2D eigenvalue weighted by Crippen LogP contribution is -1.88. The maximum atomic E-state index is 5.43. The first-order valence-electron chi connectivity index (χ1n) is 8.24. The molecule has 0 atom stereocenters. The molecule has 0 amide bonds. The van der Waals surface area contributed by atoms with E-state index in [0.717, 1.165) is 5.75 Å². The molecule has 0 radical (unpaired) electrons. The Balaban J connectivity index is 2.11. The van der Waals surface area contributed by atoms with Gasteiger partial charge in [-0.15, -0.1) is 0 Å². The number of rotatable bonds is 2. The molecule has 118 valence electrons. The zero-order valence-electron chi connectivity index (χ0n) is 14.3. The molecule has 0 aliphatic carbocycles. The van der Waals surface area contributed by atoms with Crippen molar-refractivity contribution in [2.75, 3.05) is 7.11 Å². The van der Waals surface area contributed by atoms with E-state index >= 15 is 0 Å². The second kappa shape index (κ2) is 5.68. The number of hydrogen-bond donors (Lipinski definition) is 0. The lowest BCUT2D eigenvalue weighted by Gasteiger charge is -2.13. The molecule has 1 heteroatoms. The number of benzene rings is 4. The van der Waals surface area contributed by atoms with Gasteiger partial charge in [-0.1, -0.05) is 59.7 Å². The van der Waals surface area contributed by atoms with Crippen molar-refractivity contribution in [1.82, 2.24) is 0 Å². The van der Waals surface area contributed by atoms with Crippen LogP contribution in [0, 0.1) is 13.8 Å². The molecule has 4 aromatic carbocycles. The number of methoxy groups -OCH3 is 1. The minimum Gasteiger partial charge on any atom is -0.497 e. The highest BCUT2D eigenvalue weighted by atomic mass is 16.5. The third-order valence-electron chi connectivity index (χ3n) is 4.68. The molecule has 0 saturated carbocycles. The summed E-state index contributed by atoms with van der Waals surface area (Å²) >= 11 is 0. The predicted octanol–water partition coefficient (Wildman–Crippen LogP) is 6.29. The van der Waals surface area contributed by atoms with E-state index in [-0.39, 0.29) is 0 Å². The van der Waals surface area contributed by atoms with Crippen LogP contribution in [0.2, 0.25) is 0 Å². The minimum atomic E-state index is 0.897. The molecule has 0 bridgehead atoms. The van der Waals surface area contributed by atoms with E-state index in [0.29, 0.717) is 0 Å². The Morgan fingerprint density at radius 1 is 0.625 bits per heavy atom. The van der Waals surface area contributed by atoms with E-state index in [4.69, 9.17) is 4.74 Å². The molecule has 4 rings (SSSR count). The molecule has 24 heavy (non-hydrogen) atoms. The second-order valence-electron chi connectivity index (χ2n) is 6.43. The monoisotopic (exact) mass is 312 g/mol. The van der Waals surface area contributed by atoms with Crippen LogP contribution in [0.15, 0.2) is 66.7 Å². The van der Waals surface area contributed by atoms with Gasteiger partial charge < -0.3 is 4.74 Å². The summed E-state index contributed by atoms with van der Waals surface area (Å²) < 4.78 is 5.43. The third kappa shape index (κ3) is 2.43. The predicted molar refractivity (Wildman–Crippen MR) is 103 cm³/mol. The molecule has 0 N–H and O–H groups in total. The molecular formula is C23H20O. The Labute approximate surface area is 142 Å². The Bertz CT molecular complexity index is 1040. The second-order valence-corrected chi connectivity index (χ2v) is 6.43. The Morgan fingerprint density at radius 2 is 1.38 bits per heavy atom. The van der Waals surface area contributed by atoms with Crippen molar-refractivity contribution >= 4 is 21.5 Å². The normalized spacial score (nSPS) is 11.1. The molecular weight excluding hydrogens is 292 g/mol. The van der Waals surface area contributed by atoms with E-state index in [1.165, 1.54) is 43.8 Å². The highest BCUT2D eigenvalue weighted by Crippen LogP contribution is 2.36. The summed E-state index contributed by atoms with van der Waals surface area (Å²) in [4.78, 5) is 0. The van der Waals surface area contributed by atoms with Crippen LogP contribution in [-0.4, -0.2) is 7.11 Å². The van der Waals surface area contributed by atoms with E-state index in [1.54, 1.807) is 7.11 Å². The fourth-order valence-corrected chi connectivity index (χ4v) is 3.34. The molecule has 0 unspecified atom stereocenters. The SMILES string of the molecule is COc1ccc2cc(-c3ccc(C)cc3)c3ccc(C)cc3c2c1. The minimum absolute atomic E-state index is 0.897. The summed E-state index contributed by atoms with van der Waals surface area (Å²) in [5, 5.41) is 5.04. The first kappa shape index (κ1) is 14.8. The average molecular weight is 312 g/mol. The van der Waals surface area contributed by atoms with Crippen molar-refractivity contribution in [3.8, 4) is 16.9 Å². The maximum absolute atomic E-state index is 5.43. The number of aryl methyl sites for hydroxylation is 2. The molecule has 0 aliphatic heterocycles. The average Bonchev–Trinajstić information content (AvgIpc) is 2.61. The lowest BCUT2D eigenvalue weighted by atomic mass is 9.92. The zero-order valence-corrected chi connectivity index (χ0v) is 14.3. The maximum Gasteiger partial charge on any atom is 0.119 e. The standard InChI is InChI=1S/C23H20O/c1-15-4-7-17(8-5-15)21-13-18-9-10-19(24-3)14-22(18)23-12-16(2)6-11-20(21)23/h4-14H,1-3H3. The lowest BCUT2D eigenvalue weighted by molar-refractivity contribution is 0.415. The van der Waals surface area contributed by atoms with Crippen molar-refractivity contribution in [2.45, 2.75) is 13.8 Å². The van der Waals surface area contributed by atoms with Gasteiger partial charge in [0, 0.05) is 0 Å². The number of fused-ring (bicyclic) bond motifs is 3. The van der Waals surface area contributed by atoms with Crippen LogP contribution in [-0.2, 0) is 0 Å². The largest absolute Gasteiger partial charge is 0.497 e. The highest BCUT2D eigenvalue weighted by Gasteiger charge is 2.10. The van der Waals surface area contributed by atoms with Gasteiger partial charge in [0.1, 0.15) is 5.75 Å². The van der Waals surface area contributed by atoms with Gasteiger partial charge in [0.15, 0.2) is 0 Å². The van der Waals surface area contributed by atoms with Crippen molar-refractivity contribution in [2.24, 2.45) is 0 Å².